The van der Waals surface area contributed by atoms with E-state index in [1.165, 1.54) is 16.6 Å². The van der Waals surface area contributed by atoms with Crippen LogP contribution >= 0.6 is 11.8 Å². The van der Waals surface area contributed by atoms with Crippen LogP contribution < -0.4 is 0 Å². The molecule has 2 nitrogen and oxygen atoms in total. The molecule has 0 N–H and O–H groups in total. The fourth-order valence-corrected chi connectivity index (χ4v) is 3.13. The second-order valence-electron chi connectivity index (χ2n) is 5.57. The Bertz CT molecular complexity index is 742. The fraction of sp³-hybridized carbons (Fsp3) is 0.278. The minimum Gasteiger partial charge on any atom is -0.314 e. The summed E-state index contributed by atoms with van der Waals surface area (Å²) in [5, 5.41) is 1.07. The number of aromatic nitrogens is 2. The molecule has 0 spiro atoms. The highest BCUT2D eigenvalue weighted by Crippen LogP contribution is 2.24. The molecule has 1 aromatic heterocycles. The molecule has 0 aliphatic rings. The largest absolute Gasteiger partial charge is 0.314 e. The lowest BCUT2D eigenvalue weighted by Gasteiger charge is -2.10. The summed E-state index contributed by atoms with van der Waals surface area (Å²) in [6.45, 7) is 5.32. The lowest BCUT2D eigenvalue weighted by molar-refractivity contribution is 0.731. The Morgan fingerprint density at radius 1 is 1.05 bits per heavy atom. The zero-order chi connectivity index (χ0) is 14.8. The van der Waals surface area contributed by atoms with Crippen LogP contribution in [0.3, 0.4) is 0 Å². The first-order chi connectivity index (χ1) is 10.2. The highest BCUT2D eigenvalue weighted by molar-refractivity contribution is 7.98. The summed E-state index contributed by atoms with van der Waals surface area (Å²) in [7, 11) is 0. The summed E-state index contributed by atoms with van der Waals surface area (Å²) >= 11 is 1.70. The maximum atomic E-state index is 4.70. The molecule has 0 atom stereocenters. The first-order valence-electron chi connectivity index (χ1n) is 7.27. The van der Waals surface area contributed by atoms with Crippen LogP contribution in [0.5, 0.6) is 0 Å². The highest BCUT2D eigenvalue weighted by atomic mass is 32.2. The van der Waals surface area contributed by atoms with E-state index in [2.05, 4.69) is 67.1 Å². The summed E-state index contributed by atoms with van der Waals surface area (Å²) < 4.78 is 2.30. The maximum Gasteiger partial charge on any atom is 0.169 e. The second kappa shape index (κ2) is 5.94. The van der Waals surface area contributed by atoms with Crippen molar-refractivity contribution in [3.63, 3.8) is 0 Å². The van der Waals surface area contributed by atoms with Crippen LogP contribution in [0.4, 0.5) is 0 Å². The summed E-state index contributed by atoms with van der Waals surface area (Å²) in [4.78, 5) is 4.70. The molecule has 0 bridgehead atoms. The standard InChI is InChI=1S/C18H20N2S/c1-13(2)15-10-8-14(9-11-15)12-20-17-7-5-4-6-16(17)19-18(20)21-3/h4-11,13H,12H2,1-3H3. The molecule has 0 radical (unpaired) electrons. The minimum atomic E-state index is 0.579. The number of nitrogens with zero attached hydrogens (tertiary/aromatic N) is 2. The molecule has 1 heterocycles. The number of hydrogen-bond donors (Lipinski definition) is 0. The Balaban J connectivity index is 1.97. The van der Waals surface area contributed by atoms with E-state index in [-0.39, 0.29) is 0 Å². The molecule has 3 aromatic rings. The fourth-order valence-electron chi connectivity index (χ4n) is 2.55. The molecule has 0 aliphatic heterocycles. The highest BCUT2D eigenvalue weighted by Gasteiger charge is 2.10. The molecule has 0 unspecified atom stereocenters. The summed E-state index contributed by atoms with van der Waals surface area (Å²) in [6, 6.07) is 17.3. The Kier molecular flexibility index (Phi) is 4.02. The van der Waals surface area contributed by atoms with Crippen molar-refractivity contribution in [2.24, 2.45) is 0 Å². The van der Waals surface area contributed by atoms with E-state index >= 15 is 0 Å². The summed E-state index contributed by atoms with van der Waals surface area (Å²) in [6.07, 6.45) is 2.08. The number of imidazole rings is 1. The van der Waals surface area contributed by atoms with Gasteiger partial charge in [-0.1, -0.05) is 62.0 Å². The zero-order valence-electron chi connectivity index (χ0n) is 12.7. The smallest absolute Gasteiger partial charge is 0.169 e. The average molecular weight is 296 g/mol. The molecule has 108 valence electrons. The van der Waals surface area contributed by atoms with E-state index in [9.17, 15) is 0 Å². The normalized spacial score (nSPS) is 11.4. The van der Waals surface area contributed by atoms with E-state index < -0.39 is 0 Å². The van der Waals surface area contributed by atoms with Gasteiger partial charge in [-0.2, -0.15) is 0 Å². The predicted molar refractivity (Wildman–Crippen MR) is 91.1 cm³/mol. The number of para-hydroxylation sites is 2. The molecule has 3 heteroatoms. The Morgan fingerprint density at radius 2 is 1.76 bits per heavy atom. The monoisotopic (exact) mass is 296 g/mol. The van der Waals surface area contributed by atoms with Crippen molar-refractivity contribution in [2.75, 3.05) is 6.26 Å². The zero-order valence-corrected chi connectivity index (χ0v) is 13.5. The van der Waals surface area contributed by atoms with Crippen molar-refractivity contribution in [3.8, 4) is 0 Å². The van der Waals surface area contributed by atoms with Gasteiger partial charge < -0.3 is 4.57 Å². The molecule has 0 fully saturated rings. The Labute approximate surface area is 130 Å². The van der Waals surface area contributed by atoms with Gasteiger partial charge in [0.05, 0.1) is 17.6 Å². The molecule has 0 amide bonds. The summed E-state index contributed by atoms with van der Waals surface area (Å²) in [5.41, 5.74) is 4.98. The van der Waals surface area contributed by atoms with E-state index in [4.69, 9.17) is 4.98 Å². The van der Waals surface area contributed by atoms with Gasteiger partial charge in [0.2, 0.25) is 0 Å². The molecular formula is C18H20N2S. The molecule has 2 aromatic carbocycles. The first kappa shape index (κ1) is 14.2. The number of benzene rings is 2. The molecule has 3 rings (SSSR count). The van der Waals surface area contributed by atoms with Crippen LogP contribution in [-0.2, 0) is 6.54 Å². The number of hydrogen-bond acceptors (Lipinski definition) is 2. The molecule has 0 saturated heterocycles. The van der Waals surface area contributed by atoms with E-state index in [0.29, 0.717) is 5.92 Å². The van der Waals surface area contributed by atoms with E-state index in [0.717, 1.165) is 17.2 Å². The third kappa shape index (κ3) is 2.84. The van der Waals surface area contributed by atoms with Gasteiger partial charge in [-0.3, -0.25) is 0 Å². The van der Waals surface area contributed by atoms with Crippen molar-refractivity contribution in [3.05, 3.63) is 59.7 Å². The Hall–Kier alpha value is -1.74. The van der Waals surface area contributed by atoms with E-state index in [1.807, 2.05) is 6.07 Å². The van der Waals surface area contributed by atoms with Gasteiger partial charge >= 0.3 is 0 Å². The average Bonchev–Trinajstić information content (AvgIpc) is 2.86. The molecule has 0 saturated carbocycles. The van der Waals surface area contributed by atoms with Gasteiger partial charge in [0.25, 0.3) is 0 Å². The van der Waals surface area contributed by atoms with Crippen molar-refractivity contribution >= 4 is 22.8 Å². The van der Waals surface area contributed by atoms with Crippen LogP contribution in [0.1, 0.15) is 30.9 Å². The lowest BCUT2D eigenvalue weighted by atomic mass is 10.0. The van der Waals surface area contributed by atoms with Crippen LogP contribution in [0.25, 0.3) is 11.0 Å². The van der Waals surface area contributed by atoms with Gasteiger partial charge in [-0.05, 0) is 35.4 Å². The van der Waals surface area contributed by atoms with Gasteiger partial charge in [0.15, 0.2) is 5.16 Å². The minimum absolute atomic E-state index is 0.579. The molecule has 21 heavy (non-hydrogen) atoms. The van der Waals surface area contributed by atoms with Crippen LogP contribution in [0.15, 0.2) is 53.7 Å². The molecular weight excluding hydrogens is 276 g/mol. The number of thioether (sulfide) groups is 1. The third-order valence-corrected chi connectivity index (χ3v) is 4.47. The second-order valence-corrected chi connectivity index (χ2v) is 6.34. The number of rotatable bonds is 4. The van der Waals surface area contributed by atoms with Gasteiger partial charge in [0.1, 0.15) is 0 Å². The van der Waals surface area contributed by atoms with Gasteiger partial charge in [0, 0.05) is 0 Å². The first-order valence-corrected chi connectivity index (χ1v) is 8.49. The Morgan fingerprint density at radius 3 is 2.43 bits per heavy atom. The quantitative estimate of drug-likeness (QED) is 0.635. The van der Waals surface area contributed by atoms with Crippen molar-refractivity contribution in [2.45, 2.75) is 31.5 Å². The SMILES string of the molecule is CSc1nc2ccccc2n1Cc1ccc(C(C)C)cc1. The van der Waals surface area contributed by atoms with Crippen LogP contribution in [-0.4, -0.2) is 15.8 Å². The lowest BCUT2D eigenvalue weighted by Crippen LogP contribution is -2.01. The van der Waals surface area contributed by atoms with Crippen LogP contribution in [0, 0.1) is 0 Å². The molecule has 0 aliphatic carbocycles. The van der Waals surface area contributed by atoms with Gasteiger partial charge in [-0.15, -0.1) is 0 Å². The third-order valence-electron chi connectivity index (χ3n) is 3.79. The summed E-state index contributed by atoms with van der Waals surface area (Å²) in [5.74, 6) is 0.579. The van der Waals surface area contributed by atoms with Crippen LogP contribution in [0.2, 0.25) is 0 Å². The van der Waals surface area contributed by atoms with Gasteiger partial charge in [-0.25, -0.2) is 4.98 Å². The topological polar surface area (TPSA) is 17.8 Å². The van der Waals surface area contributed by atoms with E-state index in [1.54, 1.807) is 11.8 Å². The van der Waals surface area contributed by atoms with Crippen molar-refractivity contribution in [1.82, 2.24) is 9.55 Å². The predicted octanol–water partition coefficient (Wildman–Crippen LogP) is 4.93. The van der Waals surface area contributed by atoms with Crippen molar-refractivity contribution in [1.29, 1.82) is 0 Å². The maximum absolute atomic E-state index is 4.70. The number of fused-ring (bicyclic) bond motifs is 1. The van der Waals surface area contributed by atoms with Crippen molar-refractivity contribution < 1.29 is 0 Å².